The summed E-state index contributed by atoms with van der Waals surface area (Å²) < 4.78 is 6.06. The number of hydrogen-bond donors (Lipinski definition) is 2. The van der Waals surface area contributed by atoms with E-state index in [2.05, 4.69) is 10.6 Å². The van der Waals surface area contributed by atoms with Crippen LogP contribution in [-0.2, 0) is 0 Å². The van der Waals surface area contributed by atoms with Crippen LogP contribution in [0.3, 0.4) is 0 Å². The van der Waals surface area contributed by atoms with E-state index < -0.39 is 0 Å². The molecule has 0 unspecified atom stereocenters. The van der Waals surface area contributed by atoms with Crippen molar-refractivity contribution < 1.29 is 9.53 Å². The van der Waals surface area contributed by atoms with Gasteiger partial charge < -0.3 is 15.4 Å². The predicted molar refractivity (Wildman–Crippen MR) is 91.8 cm³/mol. The molecule has 0 aromatic heterocycles. The van der Waals surface area contributed by atoms with Crippen molar-refractivity contribution >= 4 is 11.7 Å². The lowest BCUT2D eigenvalue weighted by atomic mass is 9.89. The Balaban J connectivity index is 1.78. The van der Waals surface area contributed by atoms with Crippen LogP contribution in [-0.4, -0.2) is 11.6 Å². The third-order valence-electron chi connectivity index (χ3n) is 3.96. The first-order valence-electron chi connectivity index (χ1n) is 7.85. The molecule has 2 N–H and O–H groups in total. The first-order valence-corrected chi connectivity index (χ1v) is 7.85. The largest absolute Gasteiger partial charge is 0.487 e. The summed E-state index contributed by atoms with van der Waals surface area (Å²) in [5, 5.41) is 5.94. The van der Waals surface area contributed by atoms with Crippen molar-refractivity contribution in [1.29, 1.82) is 0 Å². The first-order chi connectivity index (χ1) is 10.9. The van der Waals surface area contributed by atoms with E-state index >= 15 is 0 Å². The second-order valence-electron chi connectivity index (χ2n) is 6.62. The molecule has 0 bridgehead atoms. The van der Waals surface area contributed by atoms with Crippen molar-refractivity contribution in [2.45, 2.75) is 38.8 Å². The number of rotatable bonds is 2. The zero-order chi connectivity index (χ0) is 16.4. The Labute approximate surface area is 136 Å². The van der Waals surface area contributed by atoms with Gasteiger partial charge in [-0.05, 0) is 44.5 Å². The van der Waals surface area contributed by atoms with Crippen LogP contribution < -0.4 is 15.4 Å². The van der Waals surface area contributed by atoms with Crippen LogP contribution in [0.5, 0.6) is 5.75 Å². The van der Waals surface area contributed by atoms with Gasteiger partial charge in [-0.15, -0.1) is 0 Å². The molecule has 0 radical (unpaired) electrons. The normalized spacial score (nSPS) is 18.5. The highest BCUT2D eigenvalue weighted by Gasteiger charge is 2.34. The van der Waals surface area contributed by atoms with Crippen LogP contribution in [0.1, 0.15) is 37.4 Å². The monoisotopic (exact) mass is 310 g/mol. The molecule has 1 heterocycles. The lowest BCUT2D eigenvalue weighted by molar-refractivity contribution is 0.0682. The van der Waals surface area contributed by atoms with E-state index in [4.69, 9.17) is 4.74 Å². The number of nitrogens with one attached hydrogen (secondary N) is 2. The van der Waals surface area contributed by atoms with Crippen LogP contribution in [0.15, 0.2) is 48.5 Å². The highest BCUT2D eigenvalue weighted by Crippen LogP contribution is 2.39. The fourth-order valence-electron chi connectivity index (χ4n) is 2.93. The van der Waals surface area contributed by atoms with Crippen molar-refractivity contribution in [3.63, 3.8) is 0 Å². The van der Waals surface area contributed by atoms with Gasteiger partial charge in [0.25, 0.3) is 0 Å². The fraction of sp³-hybridized carbons (Fsp3) is 0.316. The van der Waals surface area contributed by atoms with Crippen molar-refractivity contribution in [2.24, 2.45) is 0 Å². The van der Waals surface area contributed by atoms with Gasteiger partial charge >= 0.3 is 6.03 Å². The maximum atomic E-state index is 12.3. The van der Waals surface area contributed by atoms with Crippen molar-refractivity contribution in [2.75, 3.05) is 5.32 Å². The number of urea groups is 1. The van der Waals surface area contributed by atoms with Gasteiger partial charge in [0.15, 0.2) is 0 Å². The molecule has 2 aromatic rings. The topological polar surface area (TPSA) is 50.4 Å². The lowest BCUT2D eigenvalue weighted by Crippen LogP contribution is -2.42. The highest BCUT2D eigenvalue weighted by molar-refractivity contribution is 5.89. The van der Waals surface area contributed by atoms with Crippen LogP contribution in [0.4, 0.5) is 10.5 Å². The molecule has 23 heavy (non-hydrogen) atoms. The Bertz CT molecular complexity index is 711. The summed E-state index contributed by atoms with van der Waals surface area (Å²) in [7, 11) is 0. The maximum absolute atomic E-state index is 12.3. The van der Waals surface area contributed by atoms with E-state index in [0.717, 1.165) is 29.0 Å². The summed E-state index contributed by atoms with van der Waals surface area (Å²) in [6, 6.07) is 15.3. The third-order valence-corrected chi connectivity index (χ3v) is 3.96. The smallest absolute Gasteiger partial charge is 0.319 e. The predicted octanol–water partition coefficient (Wildman–Crippen LogP) is 4.42. The molecule has 0 aliphatic carbocycles. The molecule has 1 aliphatic rings. The molecule has 4 nitrogen and oxygen atoms in total. The second-order valence-corrected chi connectivity index (χ2v) is 6.62. The van der Waals surface area contributed by atoms with E-state index in [1.165, 1.54) is 0 Å². The number of amides is 2. The van der Waals surface area contributed by atoms with Gasteiger partial charge in [-0.3, -0.25) is 0 Å². The molecule has 120 valence electrons. The first kappa shape index (κ1) is 15.4. The quantitative estimate of drug-likeness (QED) is 0.862. The molecule has 1 atom stereocenters. The Hall–Kier alpha value is -2.49. The number of benzene rings is 2. The fourth-order valence-corrected chi connectivity index (χ4v) is 2.93. The van der Waals surface area contributed by atoms with Gasteiger partial charge in [0, 0.05) is 17.7 Å². The molecule has 2 amide bonds. The van der Waals surface area contributed by atoms with Crippen LogP contribution >= 0.6 is 0 Å². The van der Waals surface area contributed by atoms with Crippen LogP contribution in [0.25, 0.3) is 0 Å². The van der Waals surface area contributed by atoms with E-state index in [1.54, 1.807) is 0 Å². The Morgan fingerprint density at radius 2 is 1.91 bits per heavy atom. The van der Waals surface area contributed by atoms with E-state index in [9.17, 15) is 4.79 Å². The average Bonchev–Trinajstić information content (AvgIpc) is 2.46. The van der Waals surface area contributed by atoms with Crippen LogP contribution in [0, 0.1) is 6.92 Å². The van der Waals surface area contributed by atoms with Crippen molar-refractivity contribution in [3.05, 3.63) is 59.7 Å². The van der Waals surface area contributed by atoms with E-state index in [-0.39, 0.29) is 17.7 Å². The molecule has 2 aromatic carbocycles. The Morgan fingerprint density at radius 3 is 2.65 bits per heavy atom. The van der Waals surface area contributed by atoms with Gasteiger partial charge in [0.05, 0.1) is 6.04 Å². The summed E-state index contributed by atoms with van der Waals surface area (Å²) >= 11 is 0. The molecule has 4 heteroatoms. The van der Waals surface area contributed by atoms with Gasteiger partial charge in [-0.25, -0.2) is 4.79 Å². The molecular weight excluding hydrogens is 288 g/mol. The Morgan fingerprint density at radius 1 is 1.17 bits per heavy atom. The third kappa shape index (κ3) is 3.65. The van der Waals surface area contributed by atoms with Gasteiger partial charge in [0.1, 0.15) is 11.4 Å². The Kier molecular flexibility index (Phi) is 3.99. The molecule has 3 rings (SSSR count). The van der Waals surface area contributed by atoms with Crippen LogP contribution in [0.2, 0.25) is 0 Å². The highest BCUT2D eigenvalue weighted by atomic mass is 16.5. The second kappa shape index (κ2) is 5.95. The number of fused-ring (bicyclic) bond motifs is 1. The minimum absolute atomic E-state index is 0.0712. The molecule has 0 spiro atoms. The van der Waals surface area contributed by atoms with Crippen molar-refractivity contribution in [3.8, 4) is 5.75 Å². The van der Waals surface area contributed by atoms with E-state index in [1.807, 2.05) is 69.3 Å². The number of ether oxygens (including phenoxy) is 1. The maximum Gasteiger partial charge on any atom is 0.319 e. The summed E-state index contributed by atoms with van der Waals surface area (Å²) in [5.41, 5.74) is 2.64. The molecule has 0 saturated heterocycles. The zero-order valence-electron chi connectivity index (χ0n) is 13.7. The average molecular weight is 310 g/mol. The summed E-state index contributed by atoms with van der Waals surface area (Å²) in [4.78, 5) is 12.3. The molecule has 0 saturated carbocycles. The van der Waals surface area contributed by atoms with E-state index in [0.29, 0.717) is 0 Å². The summed E-state index contributed by atoms with van der Waals surface area (Å²) in [6.45, 7) is 6.12. The lowest BCUT2D eigenvalue weighted by Gasteiger charge is -2.38. The van der Waals surface area contributed by atoms with Gasteiger partial charge in [-0.2, -0.15) is 0 Å². The van der Waals surface area contributed by atoms with Gasteiger partial charge in [0.2, 0.25) is 0 Å². The summed E-state index contributed by atoms with van der Waals surface area (Å²) in [6.07, 6.45) is 0.727. The number of carbonyl (C=O) groups excluding carboxylic acids is 1. The van der Waals surface area contributed by atoms with Gasteiger partial charge in [-0.1, -0.05) is 30.3 Å². The summed E-state index contributed by atoms with van der Waals surface area (Å²) in [5.74, 6) is 0.853. The number of anilines is 1. The minimum atomic E-state index is -0.314. The number of aryl methyl sites for hydroxylation is 1. The molecular formula is C19H22N2O2. The zero-order valence-corrected chi connectivity index (χ0v) is 13.7. The number of para-hydroxylation sites is 1. The molecule has 1 aliphatic heterocycles. The minimum Gasteiger partial charge on any atom is -0.487 e. The number of carbonyl (C=O) groups is 1. The number of hydrogen-bond acceptors (Lipinski definition) is 2. The standard InChI is InChI=1S/C19H22N2O2/c1-13-9-10-15-16(12-19(2,3)23-17(15)11-13)21-18(22)20-14-7-5-4-6-8-14/h4-11,16H,12H2,1-3H3,(H2,20,21,22)/t16-/m0/s1. The SMILES string of the molecule is Cc1ccc2c(c1)OC(C)(C)C[C@@H]2NC(=O)Nc1ccccc1. The van der Waals surface area contributed by atoms with Crippen molar-refractivity contribution in [1.82, 2.24) is 5.32 Å². The molecule has 0 fully saturated rings.